The molecule has 6 nitrogen and oxygen atoms in total. The second-order valence-corrected chi connectivity index (χ2v) is 7.38. The number of hydrogen-bond donors (Lipinski definition) is 1. The molecule has 0 aliphatic rings. The number of amides is 1. The molecule has 1 amide bonds. The van der Waals surface area contributed by atoms with Gasteiger partial charge in [-0.05, 0) is 30.3 Å². The van der Waals surface area contributed by atoms with Crippen molar-refractivity contribution in [3.63, 3.8) is 0 Å². The summed E-state index contributed by atoms with van der Waals surface area (Å²) in [4.78, 5) is 27.5. The van der Waals surface area contributed by atoms with Crippen LogP contribution in [0.5, 0.6) is 0 Å². The summed E-state index contributed by atoms with van der Waals surface area (Å²) in [6, 6.07) is 18.6. The Morgan fingerprint density at radius 3 is 2.68 bits per heavy atom. The van der Waals surface area contributed by atoms with Gasteiger partial charge >= 0.3 is 0 Å². The predicted octanol–water partition coefficient (Wildman–Crippen LogP) is 5.78. The van der Waals surface area contributed by atoms with Crippen LogP contribution in [0.1, 0.15) is 10.4 Å². The Morgan fingerprint density at radius 2 is 1.89 bits per heavy atom. The highest BCUT2D eigenvalue weighted by Gasteiger charge is 2.14. The molecule has 8 heteroatoms. The first-order chi connectivity index (χ1) is 13.5. The average molecular weight is 410 g/mol. The number of non-ortho nitro benzene ring substituents is 1. The molecule has 0 unspecified atom stereocenters. The summed E-state index contributed by atoms with van der Waals surface area (Å²) < 4.78 is 1.06. The number of anilines is 1. The predicted molar refractivity (Wildman–Crippen MR) is 111 cm³/mol. The zero-order valence-electron chi connectivity index (χ0n) is 14.3. The number of fused-ring (bicyclic) bond motifs is 1. The number of carbonyl (C=O) groups is 1. The first-order valence-electron chi connectivity index (χ1n) is 8.22. The van der Waals surface area contributed by atoms with Gasteiger partial charge in [0.25, 0.3) is 11.6 Å². The third-order valence-electron chi connectivity index (χ3n) is 4.07. The highest BCUT2D eigenvalue weighted by molar-refractivity contribution is 7.21. The number of carbonyl (C=O) groups excluding carboxylic acids is 1. The average Bonchev–Trinajstić information content (AvgIpc) is 3.14. The van der Waals surface area contributed by atoms with Crippen LogP contribution >= 0.6 is 22.9 Å². The Morgan fingerprint density at radius 1 is 1.07 bits per heavy atom. The van der Waals surface area contributed by atoms with Crippen molar-refractivity contribution in [1.29, 1.82) is 0 Å². The second kappa shape index (κ2) is 7.38. The molecule has 28 heavy (non-hydrogen) atoms. The van der Waals surface area contributed by atoms with Gasteiger partial charge in [0.2, 0.25) is 0 Å². The summed E-state index contributed by atoms with van der Waals surface area (Å²) in [6.45, 7) is 0. The fourth-order valence-electron chi connectivity index (χ4n) is 2.70. The van der Waals surface area contributed by atoms with Crippen molar-refractivity contribution in [2.45, 2.75) is 0 Å². The molecular weight excluding hydrogens is 398 g/mol. The third kappa shape index (κ3) is 3.58. The summed E-state index contributed by atoms with van der Waals surface area (Å²) in [5.74, 6) is -0.480. The summed E-state index contributed by atoms with van der Waals surface area (Å²) in [6.07, 6.45) is 0. The molecule has 0 saturated carbocycles. The molecule has 0 fully saturated rings. The molecular formula is C20H12ClN3O3S. The highest BCUT2D eigenvalue weighted by Crippen LogP contribution is 2.34. The van der Waals surface area contributed by atoms with Crippen molar-refractivity contribution in [2.24, 2.45) is 0 Å². The lowest BCUT2D eigenvalue weighted by Gasteiger charge is -2.09. The van der Waals surface area contributed by atoms with Crippen LogP contribution < -0.4 is 5.32 Å². The van der Waals surface area contributed by atoms with E-state index < -0.39 is 10.8 Å². The van der Waals surface area contributed by atoms with E-state index in [0.717, 1.165) is 20.8 Å². The minimum Gasteiger partial charge on any atom is -0.321 e. The van der Waals surface area contributed by atoms with Gasteiger partial charge < -0.3 is 5.32 Å². The van der Waals surface area contributed by atoms with Crippen molar-refractivity contribution in [3.8, 4) is 10.6 Å². The van der Waals surface area contributed by atoms with Crippen LogP contribution in [-0.2, 0) is 0 Å². The van der Waals surface area contributed by atoms with Gasteiger partial charge in [-0.15, -0.1) is 11.3 Å². The molecule has 3 aromatic carbocycles. The van der Waals surface area contributed by atoms with Gasteiger partial charge in [-0.3, -0.25) is 14.9 Å². The van der Waals surface area contributed by atoms with Gasteiger partial charge in [0.15, 0.2) is 0 Å². The number of nitrogens with zero attached hydrogens (tertiary/aromatic N) is 2. The topological polar surface area (TPSA) is 85.1 Å². The van der Waals surface area contributed by atoms with E-state index in [2.05, 4.69) is 10.3 Å². The van der Waals surface area contributed by atoms with Crippen LogP contribution in [-0.4, -0.2) is 15.8 Å². The number of nitrogens with one attached hydrogen (secondary N) is 1. The SMILES string of the molecule is O=C(Nc1cc(-c2nc3ccccc3s2)ccc1Cl)c1cccc([N+](=O)[O-])c1. The van der Waals surface area contributed by atoms with E-state index in [9.17, 15) is 14.9 Å². The second-order valence-electron chi connectivity index (χ2n) is 5.94. The Bertz CT molecular complexity index is 1190. The lowest BCUT2D eigenvalue weighted by atomic mass is 10.1. The normalized spacial score (nSPS) is 10.8. The summed E-state index contributed by atoms with van der Waals surface area (Å²) in [5, 5.41) is 14.8. The maximum Gasteiger partial charge on any atom is 0.270 e. The molecule has 138 valence electrons. The van der Waals surface area contributed by atoms with Crippen LogP contribution in [0.3, 0.4) is 0 Å². The minimum atomic E-state index is -0.544. The summed E-state index contributed by atoms with van der Waals surface area (Å²) in [5.41, 5.74) is 2.16. The van der Waals surface area contributed by atoms with E-state index in [1.807, 2.05) is 30.3 Å². The summed E-state index contributed by atoms with van der Waals surface area (Å²) in [7, 11) is 0. The van der Waals surface area contributed by atoms with Crippen molar-refractivity contribution in [3.05, 3.63) is 87.4 Å². The molecule has 0 radical (unpaired) electrons. The standard InChI is InChI=1S/C20H12ClN3O3S/c21-15-9-8-13(20-23-16-6-1-2-7-18(16)28-20)11-17(15)22-19(25)12-4-3-5-14(10-12)24(26)27/h1-11H,(H,22,25). The van der Waals surface area contributed by atoms with E-state index in [1.54, 1.807) is 23.5 Å². The van der Waals surface area contributed by atoms with Gasteiger partial charge in [0.1, 0.15) is 5.01 Å². The molecule has 4 aromatic rings. The zero-order chi connectivity index (χ0) is 19.7. The first kappa shape index (κ1) is 18.1. The molecule has 0 atom stereocenters. The van der Waals surface area contributed by atoms with E-state index in [1.165, 1.54) is 24.3 Å². The molecule has 1 N–H and O–H groups in total. The monoisotopic (exact) mass is 409 g/mol. The number of nitro benzene ring substituents is 1. The van der Waals surface area contributed by atoms with E-state index in [0.29, 0.717) is 10.7 Å². The van der Waals surface area contributed by atoms with Crippen LogP contribution in [0.15, 0.2) is 66.7 Å². The Kier molecular flexibility index (Phi) is 4.77. The maximum atomic E-state index is 12.5. The smallest absolute Gasteiger partial charge is 0.270 e. The number of hydrogen-bond acceptors (Lipinski definition) is 5. The van der Waals surface area contributed by atoms with E-state index in [-0.39, 0.29) is 11.3 Å². The fourth-order valence-corrected chi connectivity index (χ4v) is 3.83. The van der Waals surface area contributed by atoms with Crippen molar-refractivity contribution in [1.82, 2.24) is 4.98 Å². The lowest BCUT2D eigenvalue weighted by molar-refractivity contribution is -0.384. The van der Waals surface area contributed by atoms with E-state index in [4.69, 9.17) is 11.6 Å². The van der Waals surface area contributed by atoms with Crippen LogP contribution in [0.25, 0.3) is 20.8 Å². The van der Waals surface area contributed by atoms with Gasteiger partial charge in [0.05, 0.1) is 25.8 Å². The fraction of sp³-hybridized carbons (Fsp3) is 0. The molecule has 0 aliphatic heterocycles. The number of thiazole rings is 1. The molecule has 0 spiro atoms. The Hall–Kier alpha value is -3.29. The molecule has 1 aromatic heterocycles. The van der Waals surface area contributed by atoms with Crippen LogP contribution in [0, 0.1) is 10.1 Å². The number of benzene rings is 3. The molecule has 4 rings (SSSR count). The summed E-state index contributed by atoms with van der Waals surface area (Å²) >= 11 is 7.78. The molecule has 0 bridgehead atoms. The largest absolute Gasteiger partial charge is 0.321 e. The minimum absolute atomic E-state index is 0.151. The van der Waals surface area contributed by atoms with Gasteiger partial charge in [-0.1, -0.05) is 35.9 Å². The van der Waals surface area contributed by atoms with Gasteiger partial charge in [0, 0.05) is 23.3 Å². The number of halogens is 1. The number of aromatic nitrogens is 1. The van der Waals surface area contributed by atoms with Crippen molar-refractivity contribution in [2.75, 3.05) is 5.32 Å². The van der Waals surface area contributed by atoms with E-state index >= 15 is 0 Å². The lowest BCUT2D eigenvalue weighted by Crippen LogP contribution is -2.12. The van der Waals surface area contributed by atoms with Gasteiger partial charge in [-0.25, -0.2) is 4.98 Å². The maximum absolute atomic E-state index is 12.5. The zero-order valence-corrected chi connectivity index (χ0v) is 15.8. The first-order valence-corrected chi connectivity index (χ1v) is 9.42. The molecule has 1 heterocycles. The Balaban J connectivity index is 1.65. The molecule has 0 saturated heterocycles. The van der Waals surface area contributed by atoms with Crippen LogP contribution in [0.2, 0.25) is 5.02 Å². The highest BCUT2D eigenvalue weighted by atomic mass is 35.5. The van der Waals surface area contributed by atoms with Crippen molar-refractivity contribution < 1.29 is 9.72 Å². The third-order valence-corrected chi connectivity index (χ3v) is 5.49. The number of para-hydroxylation sites is 1. The Labute approximate surface area is 168 Å². The van der Waals surface area contributed by atoms with Crippen LogP contribution in [0.4, 0.5) is 11.4 Å². The molecule has 0 aliphatic carbocycles. The number of nitro groups is 1. The number of rotatable bonds is 4. The van der Waals surface area contributed by atoms with Crippen molar-refractivity contribution >= 4 is 50.4 Å². The quantitative estimate of drug-likeness (QED) is 0.342. The van der Waals surface area contributed by atoms with Gasteiger partial charge in [-0.2, -0.15) is 0 Å².